The second kappa shape index (κ2) is 15.0. The summed E-state index contributed by atoms with van der Waals surface area (Å²) in [5.41, 5.74) is -0.164. The molecule has 0 aromatic rings. The summed E-state index contributed by atoms with van der Waals surface area (Å²) in [5, 5.41) is 0. The van der Waals surface area contributed by atoms with Crippen molar-refractivity contribution in [1.82, 2.24) is 0 Å². The standard InChI is InChI=1S/C24H52O4Si2/c1-11-18-22(26-21-25-10)24(8,9)23(28-30(15-5,16-6)17-7)19-20-27-29(12-2,13-3)14-4/h11,22-23H,1,12-21H2,2-10H3/t22-,23-/m0/s1. The van der Waals surface area contributed by atoms with Crippen molar-refractivity contribution < 1.29 is 18.3 Å². The summed E-state index contributed by atoms with van der Waals surface area (Å²) < 4.78 is 25.1. The maximum absolute atomic E-state index is 7.09. The fourth-order valence-electron chi connectivity index (χ4n) is 4.42. The Kier molecular flexibility index (Phi) is 15.0. The van der Waals surface area contributed by atoms with E-state index in [0.29, 0.717) is 6.79 Å². The van der Waals surface area contributed by atoms with Crippen LogP contribution >= 0.6 is 0 Å². The first-order chi connectivity index (χ1) is 14.2. The van der Waals surface area contributed by atoms with E-state index in [1.807, 2.05) is 6.08 Å². The summed E-state index contributed by atoms with van der Waals surface area (Å²) >= 11 is 0. The van der Waals surface area contributed by atoms with Gasteiger partial charge in [-0.05, 0) is 49.1 Å². The second-order valence-electron chi connectivity index (χ2n) is 9.14. The first-order valence-electron chi connectivity index (χ1n) is 12.2. The molecule has 2 atom stereocenters. The Hall–Kier alpha value is 0.0138. The monoisotopic (exact) mass is 460 g/mol. The van der Waals surface area contributed by atoms with Crippen molar-refractivity contribution in [2.24, 2.45) is 5.41 Å². The molecule has 6 heteroatoms. The van der Waals surface area contributed by atoms with Gasteiger partial charge in [-0.3, -0.25) is 0 Å². The topological polar surface area (TPSA) is 36.9 Å². The van der Waals surface area contributed by atoms with Crippen molar-refractivity contribution in [3.8, 4) is 0 Å². The summed E-state index contributed by atoms with van der Waals surface area (Å²) in [6, 6.07) is 7.00. The molecule has 0 heterocycles. The second-order valence-corrected chi connectivity index (χ2v) is 18.6. The zero-order valence-electron chi connectivity index (χ0n) is 21.6. The number of rotatable bonds is 19. The van der Waals surface area contributed by atoms with Crippen LogP contribution in [-0.4, -0.2) is 49.4 Å². The first kappa shape index (κ1) is 30.0. The molecule has 0 saturated heterocycles. The van der Waals surface area contributed by atoms with Gasteiger partial charge in [0.15, 0.2) is 16.6 Å². The van der Waals surface area contributed by atoms with Gasteiger partial charge < -0.3 is 18.3 Å². The van der Waals surface area contributed by atoms with Gasteiger partial charge >= 0.3 is 0 Å². The minimum atomic E-state index is -1.77. The van der Waals surface area contributed by atoms with E-state index in [1.165, 1.54) is 18.1 Å². The van der Waals surface area contributed by atoms with Crippen LogP contribution in [0.3, 0.4) is 0 Å². The third-order valence-corrected chi connectivity index (χ3v) is 16.8. The normalized spacial score (nSPS) is 15.2. The van der Waals surface area contributed by atoms with Crippen molar-refractivity contribution in [2.75, 3.05) is 20.5 Å². The van der Waals surface area contributed by atoms with Crippen molar-refractivity contribution in [2.45, 2.75) is 117 Å². The van der Waals surface area contributed by atoms with Gasteiger partial charge in [-0.25, -0.2) is 0 Å². The molecule has 0 amide bonds. The Balaban J connectivity index is 5.70. The van der Waals surface area contributed by atoms with E-state index in [9.17, 15) is 0 Å². The molecule has 0 saturated carbocycles. The zero-order valence-corrected chi connectivity index (χ0v) is 23.6. The highest BCUT2D eigenvalue weighted by molar-refractivity contribution is 6.74. The van der Waals surface area contributed by atoms with Gasteiger partial charge in [-0.15, -0.1) is 6.58 Å². The zero-order chi connectivity index (χ0) is 23.3. The third kappa shape index (κ3) is 8.51. The van der Waals surface area contributed by atoms with Crippen LogP contribution in [0.1, 0.15) is 68.2 Å². The maximum Gasteiger partial charge on any atom is 0.192 e. The van der Waals surface area contributed by atoms with Gasteiger partial charge in [0, 0.05) is 19.1 Å². The molecule has 0 N–H and O–H groups in total. The lowest BCUT2D eigenvalue weighted by Gasteiger charge is -2.45. The van der Waals surface area contributed by atoms with Crippen LogP contribution in [-0.2, 0) is 18.3 Å². The molecule has 0 rings (SSSR count). The van der Waals surface area contributed by atoms with Gasteiger partial charge in [0.1, 0.15) is 6.79 Å². The summed E-state index contributed by atoms with van der Waals surface area (Å²) in [6.45, 7) is 23.4. The quantitative estimate of drug-likeness (QED) is 0.114. The SMILES string of the molecule is C=CC[C@H](OCOC)C(C)(C)[C@H](CCO[Si](CC)(CC)CC)O[Si](CC)(CC)CC. The molecule has 4 nitrogen and oxygen atoms in total. The molecule has 0 unspecified atom stereocenters. The molecule has 0 aliphatic carbocycles. The van der Waals surface area contributed by atoms with E-state index < -0.39 is 16.6 Å². The Morgan fingerprint density at radius 3 is 1.73 bits per heavy atom. The number of methoxy groups -OCH3 is 1. The highest BCUT2D eigenvalue weighted by Crippen LogP contribution is 2.38. The predicted octanol–water partition coefficient (Wildman–Crippen LogP) is 7.38. The number of ether oxygens (including phenoxy) is 2. The van der Waals surface area contributed by atoms with Crippen molar-refractivity contribution in [3.05, 3.63) is 12.7 Å². The largest absolute Gasteiger partial charge is 0.417 e. The predicted molar refractivity (Wildman–Crippen MR) is 135 cm³/mol. The fraction of sp³-hybridized carbons (Fsp3) is 0.917. The molecule has 0 aromatic carbocycles. The van der Waals surface area contributed by atoms with E-state index in [1.54, 1.807) is 7.11 Å². The van der Waals surface area contributed by atoms with E-state index in [4.69, 9.17) is 18.3 Å². The van der Waals surface area contributed by atoms with Crippen molar-refractivity contribution >= 4 is 16.6 Å². The Morgan fingerprint density at radius 2 is 1.33 bits per heavy atom. The van der Waals surface area contributed by atoms with E-state index in [-0.39, 0.29) is 17.6 Å². The van der Waals surface area contributed by atoms with Crippen LogP contribution in [0.15, 0.2) is 12.7 Å². The van der Waals surface area contributed by atoms with Gasteiger partial charge in [-0.1, -0.05) is 61.5 Å². The highest BCUT2D eigenvalue weighted by atomic mass is 28.4. The molecule has 0 spiro atoms. The van der Waals surface area contributed by atoms with Crippen LogP contribution in [0.25, 0.3) is 0 Å². The summed E-state index contributed by atoms with van der Waals surface area (Å²) in [6.07, 6.45) is 3.75. The molecule has 0 radical (unpaired) electrons. The van der Waals surface area contributed by atoms with Crippen LogP contribution in [0, 0.1) is 5.41 Å². The molecular weight excluding hydrogens is 408 g/mol. The van der Waals surface area contributed by atoms with Crippen LogP contribution in [0.5, 0.6) is 0 Å². The maximum atomic E-state index is 7.09. The Morgan fingerprint density at radius 1 is 0.833 bits per heavy atom. The lowest BCUT2D eigenvalue weighted by molar-refractivity contribution is -0.136. The summed E-state index contributed by atoms with van der Waals surface area (Å²) in [4.78, 5) is 0. The molecule has 0 aliphatic rings. The minimum Gasteiger partial charge on any atom is -0.417 e. The van der Waals surface area contributed by atoms with Crippen molar-refractivity contribution in [3.63, 3.8) is 0 Å². The first-order valence-corrected chi connectivity index (χ1v) is 17.3. The summed E-state index contributed by atoms with van der Waals surface area (Å²) in [7, 11) is -1.70. The lowest BCUT2D eigenvalue weighted by Crippen LogP contribution is -2.51. The van der Waals surface area contributed by atoms with Crippen molar-refractivity contribution in [1.29, 1.82) is 0 Å². The molecule has 30 heavy (non-hydrogen) atoms. The molecule has 0 aromatic heterocycles. The average molecular weight is 461 g/mol. The molecule has 180 valence electrons. The molecule has 0 bridgehead atoms. The summed E-state index contributed by atoms with van der Waals surface area (Å²) in [5.74, 6) is 0. The number of hydrogen-bond donors (Lipinski definition) is 0. The van der Waals surface area contributed by atoms with Gasteiger partial charge in [0.2, 0.25) is 0 Å². The van der Waals surface area contributed by atoms with Crippen LogP contribution < -0.4 is 0 Å². The lowest BCUT2D eigenvalue weighted by atomic mass is 9.78. The van der Waals surface area contributed by atoms with Gasteiger partial charge in [-0.2, -0.15) is 0 Å². The smallest absolute Gasteiger partial charge is 0.192 e. The molecular formula is C24H52O4Si2. The average Bonchev–Trinajstić information content (AvgIpc) is 2.77. The van der Waals surface area contributed by atoms with Crippen LogP contribution in [0.2, 0.25) is 36.3 Å². The number of hydrogen-bond acceptors (Lipinski definition) is 4. The third-order valence-electron chi connectivity index (χ3n) is 7.47. The Labute approximate surface area is 190 Å². The minimum absolute atomic E-state index is 0.00254. The Bertz CT molecular complexity index is 432. The molecule has 0 aliphatic heterocycles. The van der Waals surface area contributed by atoms with E-state index in [2.05, 4.69) is 62.0 Å². The highest BCUT2D eigenvalue weighted by Gasteiger charge is 2.43. The van der Waals surface area contributed by atoms with Gasteiger partial charge in [0.05, 0.1) is 12.2 Å². The van der Waals surface area contributed by atoms with Gasteiger partial charge in [0.25, 0.3) is 0 Å². The molecule has 0 fully saturated rings. The fourth-order valence-corrected chi connectivity index (χ4v) is 10.1. The van der Waals surface area contributed by atoms with Crippen LogP contribution in [0.4, 0.5) is 0 Å². The van der Waals surface area contributed by atoms with E-state index in [0.717, 1.165) is 37.6 Å². The van der Waals surface area contributed by atoms with E-state index >= 15 is 0 Å².